The SMILES string of the molecule is CCCCCNC(C)c1ccc(C)s1. The van der Waals surface area contributed by atoms with Crippen LogP contribution in [0, 0.1) is 6.92 Å². The molecular weight excluding hydrogens is 190 g/mol. The zero-order valence-corrected chi connectivity index (χ0v) is 10.3. The summed E-state index contributed by atoms with van der Waals surface area (Å²) in [6.07, 6.45) is 3.93. The van der Waals surface area contributed by atoms with Gasteiger partial charge in [-0.1, -0.05) is 19.8 Å². The van der Waals surface area contributed by atoms with Crippen molar-refractivity contribution >= 4 is 11.3 Å². The lowest BCUT2D eigenvalue weighted by Crippen LogP contribution is -2.18. The average Bonchev–Trinajstić information content (AvgIpc) is 2.59. The minimum Gasteiger partial charge on any atom is -0.309 e. The Balaban J connectivity index is 2.25. The molecule has 1 nitrogen and oxygen atoms in total. The maximum Gasteiger partial charge on any atom is 0.0386 e. The minimum absolute atomic E-state index is 0.519. The molecule has 1 aromatic rings. The lowest BCUT2D eigenvalue weighted by Gasteiger charge is -2.11. The van der Waals surface area contributed by atoms with E-state index in [1.807, 2.05) is 11.3 Å². The fraction of sp³-hybridized carbons (Fsp3) is 0.667. The summed E-state index contributed by atoms with van der Waals surface area (Å²) >= 11 is 1.90. The van der Waals surface area contributed by atoms with Gasteiger partial charge in [0.15, 0.2) is 0 Å². The van der Waals surface area contributed by atoms with E-state index in [2.05, 4.69) is 38.2 Å². The van der Waals surface area contributed by atoms with Crippen LogP contribution in [0.1, 0.15) is 48.9 Å². The largest absolute Gasteiger partial charge is 0.309 e. The smallest absolute Gasteiger partial charge is 0.0386 e. The second-order valence-electron chi connectivity index (χ2n) is 3.83. The van der Waals surface area contributed by atoms with Crippen molar-refractivity contribution < 1.29 is 0 Å². The molecule has 1 unspecified atom stereocenters. The van der Waals surface area contributed by atoms with Crippen molar-refractivity contribution in [2.75, 3.05) is 6.54 Å². The molecule has 0 spiro atoms. The van der Waals surface area contributed by atoms with E-state index in [1.165, 1.54) is 29.0 Å². The van der Waals surface area contributed by atoms with Gasteiger partial charge in [-0.05, 0) is 38.9 Å². The van der Waals surface area contributed by atoms with Crippen molar-refractivity contribution in [2.45, 2.75) is 46.1 Å². The summed E-state index contributed by atoms with van der Waals surface area (Å²) in [5, 5.41) is 3.56. The first-order chi connectivity index (χ1) is 6.74. The molecule has 0 bridgehead atoms. The summed E-state index contributed by atoms with van der Waals surface area (Å²) in [6.45, 7) is 7.80. The molecule has 0 aliphatic rings. The van der Waals surface area contributed by atoms with Gasteiger partial charge in [-0.2, -0.15) is 0 Å². The predicted molar refractivity (Wildman–Crippen MR) is 65.0 cm³/mol. The number of aryl methyl sites for hydroxylation is 1. The molecule has 0 radical (unpaired) electrons. The van der Waals surface area contributed by atoms with Crippen LogP contribution in [0.15, 0.2) is 12.1 Å². The van der Waals surface area contributed by atoms with Crippen LogP contribution in [0.5, 0.6) is 0 Å². The molecule has 80 valence electrons. The predicted octanol–water partition coefficient (Wildman–Crippen LogP) is 3.90. The van der Waals surface area contributed by atoms with Crippen molar-refractivity contribution in [3.05, 3.63) is 21.9 Å². The van der Waals surface area contributed by atoms with Crippen LogP contribution in [-0.4, -0.2) is 6.54 Å². The van der Waals surface area contributed by atoms with Crippen LogP contribution < -0.4 is 5.32 Å². The first-order valence-corrected chi connectivity index (χ1v) is 6.35. The topological polar surface area (TPSA) is 12.0 Å². The van der Waals surface area contributed by atoms with Crippen LogP contribution in [0.2, 0.25) is 0 Å². The molecular formula is C12H21NS. The van der Waals surface area contributed by atoms with Gasteiger partial charge in [-0.3, -0.25) is 0 Å². The second-order valence-corrected chi connectivity index (χ2v) is 5.15. The Hall–Kier alpha value is -0.340. The first kappa shape index (κ1) is 11.7. The number of rotatable bonds is 6. The van der Waals surface area contributed by atoms with E-state index in [9.17, 15) is 0 Å². The van der Waals surface area contributed by atoms with Gasteiger partial charge in [0.1, 0.15) is 0 Å². The maximum absolute atomic E-state index is 3.56. The molecule has 0 amide bonds. The van der Waals surface area contributed by atoms with Gasteiger partial charge in [0, 0.05) is 15.8 Å². The summed E-state index contributed by atoms with van der Waals surface area (Å²) in [4.78, 5) is 2.86. The van der Waals surface area contributed by atoms with Crippen molar-refractivity contribution in [1.29, 1.82) is 0 Å². The fourth-order valence-electron chi connectivity index (χ4n) is 1.48. The molecule has 1 rings (SSSR count). The van der Waals surface area contributed by atoms with Gasteiger partial charge < -0.3 is 5.32 Å². The Morgan fingerprint density at radius 1 is 1.36 bits per heavy atom. The van der Waals surface area contributed by atoms with E-state index in [0.29, 0.717) is 6.04 Å². The minimum atomic E-state index is 0.519. The van der Waals surface area contributed by atoms with Crippen LogP contribution >= 0.6 is 11.3 Å². The molecule has 1 N–H and O–H groups in total. The highest BCUT2D eigenvalue weighted by molar-refractivity contribution is 7.12. The Kier molecular flexibility index (Phi) is 5.20. The molecule has 0 saturated carbocycles. The summed E-state index contributed by atoms with van der Waals surface area (Å²) in [7, 11) is 0. The fourth-order valence-corrected chi connectivity index (χ4v) is 2.38. The molecule has 1 atom stereocenters. The highest BCUT2D eigenvalue weighted by Gasteiger charge is 2.05. The monoisotopic (exact) mass is 211 g/mol. The lowest BCUT2D eigenvalue weighted by atomic mass is 10.2. The zero-order chi connectivity index (χ0) is 10.4. The van der Waals surface area contributed by atoms with Crippen LogP contribution in [-0.2, 0) is 0 Å². The van der Waals surface area contributed by atoms with E-state index in [4.69, 9.17) is 0 Å². The summed E-state index contributed by atoms with van der Waals surface area (Å²) < 4.78 is 0. The third-order valence-corrected chi connectivity index (χ3v) is 3.60. The van der Waals surface area contributed by atoms with Crippen LogP contribution in [0.4, 0.5) is 0 Å². The average molecular weight is 211 g/mol. The van der Waals surface area contributed by atoms with Crippen LogP contribution in [0.3, 0.4) is 0 Å². The second kappa shape index (κ2) is 6.20. The van der Waals surface area contributed by atoms with Gasteiger partial charge in [0.25, 0.3) is 0 Å². The Morgan fingerprint density at radius 2 is 2.14 bits per heavy atom. The van der Waals surface area contributed by atoms with Crippen molar-refractivity contribution in [3.8, 4) is 0 Å². The van der Waals surface area contributed by atoms with Crippen LogP contribution in [0.25, 0.3) is 0 Å². The number of thiophene rings is 1. The van der Waals surface area contributed by atoms with Gasteiger partial charge in [0.2, 0.25) is 0 Å². The highest BCUT2D eigenvalue weighted by Crippen LogP contribution is 2.22. The van der Waals surface area contributed by atoms with E-state index in [0.717, 1.165) is 6.54 Å². The third-order valence-electron chi connectivity index (χ3n) is 2.42. The lowest BCUT2D eigenvalue weighted by molar-refractivity contribution is 0.549. The molecule has 0 fully saturated rings. The first-order valence-electron chi connectivity index (χ1n) is 5.53. The van der Waals surface area contributed by atoms with E-state index < -0.39 is 0 Å². The standard InChI is InChI=1S/C12H21NS/c1-4-5-6-9-13-11(3)12-8-7-10(2)14-12/h7-8,11,13H,4-6,9H2,1-3H3. The number of unbranched alkanes of at least 4 members (excludes halogenated alkanes) is 2. The molecule has 0 aliphatic carbocycles. The Labute approximate surface area is 91.5 Å². The van der Waals surface area contributed by atoms with Crippen molar-refractivity contribution in [2.24, 2.45) is 0 Å². The highest BCUT2D eigenvalue weighted by atomic mass is 32.1. The van der Waals surface area contributed by atoms with Gasteiger partial charge in [0.05, 0.1) is 0 Å². The Morgan fingerprint density at radius 3 is 2.71 bits per heavy atom. The normalized spacial score (nSPS) is 13.1. The molecule has 2 heteroatoms. The zero-order valence-electron chi connectivity index (χ0n) is 9.47. The number of hydrogen-bond donors (Lipinski definition) is 1. The molecule has 1 heterocycles. The van der Waals surface area contributed by atoms with Crippen molar-refractivity contribution in [3.63, 3.8) is 0 Å². The van der Waals surface area contributed by atoms with E-state index >= 15 is 0 Å². The van der Waals surface area contributed by atoms with E-state index in [-0.39, 0.29) is 0 Å². The number of nitrogens with one attached hydrogen (secondary N) is 1. The van der Waals surface area contributed by atoms with Gasteiger partial charge in [-0.15, -0.1) is 11.3 Å². The third kappa shape index (κ3) is 3.81. The molecule has 1 aromatic heterocycles. The number of hydrogen-bond acceptors (Lipinski definition) is 2. The molecule has 0 aliphatic heterocycles. The van der Waals surface area contributed by atoms with Gasteiger partial charge >= 0.3 is 0 Å². The molecule has 0 saturated heterocycles. The summed E-state index contributed by atoms with van der Waals surface area (Å²) in [5.41, 5.74) is 0. The quantitative estimate of drug-likeness (QED) is 0.704. The van der Waals surface area contributed by atoms with E-state index in [1.54, 1.807) is 0 Å². The van der Waals surface area contributed by atoms with Gasteiger partial charge in [-0.25, -0.2) is 0 Å². The van der Waals surface area contributed by atoms with Crippen molar-refractivity contribution in [1.82, 2.24) is 5.32 Å². The summed E-state index contributed by atoms with van der Waals surface area (Å²) in [6, 6.07) is 4.95. The molecule has 0 aromatic carbocycles. The maximum atomic E-state index is 3.56. The summed E-state index contributed by atoms with van der Waals surface area (Å²) in [5.74, 6) is 0. The Bertz CT molecular complexity index is 255. The molecule has 14 heavy (non-hydrogen) atoms.